The average Bonchev–Trinajstić information content (AvgIpc) is 3.63. The van der Waals surface area contributed by atoms with E-state index in [0.717, 1.165) is 24.3 Å². The fourth-order valence-corrected chi connectivity index (χ4v) is 5.91. The van der Waals surface area contributed by atoms with Gasteiger partial charge in [-0.2, -0.15) is 26.3 Å². The number of fused-ring (bicyclic) bond motifs is 6. The monoisotopic (exact) mass is 512 g/mol. The Morgan fingerprint density at radius 3 is 1.46 bits per heavy atom. The summed E-state index contributed by atoms with van der Waals surface area (Å²) in [6.07, 6.45) is -5.67. The van der Waals surface area contributed by atoms with Gasteiger partial charge in [0.2, 0.25) is 5.41 Å². The van der Waals surface area contributed by atoms with Crippen LogP contribution in [-0.2, 0) is 5.41 Å². The summed E-state index contributed by atoms with van der Waals surface area (Å²) < 4.78 is 104. The highest BCUT2D eigenvalue weighted by Gasteiger charge is 2.72. The van der Waals surface area contributed by atoms with Crippen molar-refractivity contribution < 1.29 is 35.4 Å². The first-order valence-corrected chi connectivity index (χ1v) is 11.0. The molecule has 0 atom stereocenters. The number of hydrogen-bond acceptors (Lipinski definition) is 4. The molecule has 8 rings (SSSR count). The number of halogens is 6. The lowest BCUT2D eigenvalue weighted by atomic mass is 9.72. The van der Waals surface area contributed by atoms with Crippen molar-refractivity contribution in [2.24, 2.45) is 0 Å². The smallest absolute Gasteiger partial charge is 0.354 e. The fraction of sp³-hybridized carbons (Fsp3) is 0.120. The average molecular weight is 512 g/mol. The van der Waals surface area contributed by atoms with Crippen molar-refractivity contribution >= 4 is 54.8 Å². The van der Waals surface area contributed by atoms with Crippen LogP contribution in [0.1, 0.15) is 11.1 Å². The predicted molar refractivity (Wildman–Crippen MR) is 120 cm³/mol. The second-order valence-electron chi connectivity index (χ2n) is 9.12. The quantitative estimate of drug-likeness (QED) is 0.233. The van der Waals surface area contributed by atoms with Gasteiger partial charge in [-0.1, -0.05) is 10.3 Å². The van der Waals surface area contributed by atoms with Gasteiger partial charge in [0.15, 0.2) is 11.2 Å². The van der Waals surface area contributed by atoms with Crippen LogP contribution >= 0.6 is 0 Å². The highest BCUT2D eigenvalue weighted by Crippen LogP contribution is 2.58. The van der Waals surface area contributed by atoms with Gasteiger partial charge in [-0.25, -0.2) is 0 Å². The third-order valence-electron chi connectivity index (χ3n) is 7.39. The van der Waals surface area contributed by atoms with Crippen LogP contribution in [0.3, 0.4) is 0 Å². The minimum absolute atomic E-state index is 0.108. The first-order chi connectivity index (χ1) is 17.6. The summed E-state index contributed by atoms with van der Waals surface area (Å²) >= 11 is 0. The van der Waals surface area contributed by atoms with E-state index in [4.69, 9.17) is 9.05 Å². The molecule has 12 heteroatoms. The molecule has 0 aliphatic heterocycles. The van der Waals surface area contributed by atoms with Gasteiger partial charge in [-0.15, -0.1) is 0 Å². The predicted octanol–water partition coefficient (Wildman–Crippen LogP) is 7.07. The van der Waals surface area contributed by atoms with Crippen molar-refractivity contribution in [1.82, 2.24) is 19.1 Å². The third kappa shape index (κ3) is 2.21. The van der Waals surface area contributed by atoms with Crippen molar-refractivity contribution in [3.63, 3.8) is 0 Å². The van der Waals surface area contributed by atoms with Crippen molar-refractivity contribution in [3.05, 3.63) is 72.3 Å². The first-order valence-electron chi connectivity index (χ1n) is 11.0. The lowest BCUT2D eigenvalue weighted by molar-refractivity contribution is -0.288. The Morgan fingerprint density at radius 1 is 0.622 bits per heavy atom. The summed E-state index contributed by atoms with van der Waals surface area (Å²) in [5, 5.41) is 7.99. The molecule has 0 aliphatic carbocycles. The van der Waals surface area contributed by atoms with E-state index >= 15 is 26.3 Å². The molecule has 184 valence electrons. The SMILES string of the molecule is FC(F)(F)C(c1cc2ccn3c4cnoc4c(c1)c23)(c1cc2ccn3c4cnoc4c(c1)c23)C(F)(F)F. The molecule has 37 heavy (non-hydrogen) atoms. The highest BCUT2D eigenvalue weighted by molar-refractivity contribution is 6.13. The fourth-order valence-electron chi connectivity index (χ4n) is 5.91. The summed E-state index contributed by atoms with van der Waals surface area (Å²) in [5.41, 5.74) is -4.29. The summed E-state index contributed by atoms with van der Waals surface area (Å²) in [4.78, 5) is 0. The zero-order valence-corrected chi connectivity index (χ0v) is 18.1. The molecule has 0 N–H and O–H groups in total. The normalized spacial score (nSPS) is 14.2. The van der Waals surface area contributed by atoms with Crippen molar-refractivity contribution in [2.45, 2.75) is 17.8 Å². The number of rotatable bonds is 2. The van der Waals surface area contributed by atoms with E-state index in [0.29, 0.717) is 22.1 Å². The molecule has 0 radical (unpaired) electrons. The molecule has 6 nitrogen and oxygen atoms in total. The standard InChI is InChI=1S/C25H10F6N4O2/c26-24(27,28)23(25(29,30)31,13-5-11-1-3-34-17-9-32-36-21(17)15(7-13)19(11)34)14-6-12-2-4-35-18-10-33-37-22(18)16(8-14)20(12)35/h1-10H. The zero-order chi connectivity index (χ0) is 25.5. The number of nitrogens with zero attached hydrogens (tertiary/aromatic N) is 4. The third-order valence-corrected chi connectivity index (χ3v) is 7.39. The van der Waals surface area contributed by atoms with Gasteiger partial charge >= 0.3 is 12.4 Å². The van der Waals surface area contributed by atoms with E-state index in [9.17, 15) is 0 Å². The Kier molecular flexibility index (Phi) is 3.40. The van der Waals surface area contributed by atoms with E-state index in [1.165, 1.54) is 24.5 Å². The second-order valence-corrected chi connectivity index (χ2v) is 9.12. The summed E-state index contributed by atoms with van der Waals surface area (Å²) in [5.74, 6) is 0. The number of hydrogen-bond donors (Lipinski definition) is 0. The highest BCUT2D eigenvalue weighted by atomic mass is 19.4. The Morgan fingerprint density at radius 2 is 1.05 bits per heavy atom. The summed E-state index contributed by atoms with van der Waals surface area (Å²) in [7, 11) is 0. The van der Waals surface area contributed by atoms with Crippen molar-refractivity contribution in [1.29, 1.82) is 0 Å². The zero-order valence-electron chi connectivity index (χ0n) is 18.1. The Hall–Kier alpha value is -4.48. The molecule has 0 amide bonds. The number of aromatic nitrogens is 4. The Bertz CT molecular complexity index is 1990. The van der Waals surface area contributed by atoms with Crippen LogP contribution in [0.2, 0.25) is 0 Å². The number of benzene rings is 2. The minimum atomic E-state index is -5.76. The Labute approximate surface area is 199 Å². The van der Waals surface area contributed by atoms with Gasteiger partial charge in [-0.3, -0.25) is 0 Å². The van der Waals surface area contributed by atoms with Crippen molar-refractivity contribution in [3.8, 4) is 0 Å². The van der Waals surface area contributed by atoms with Crippen LogP contribution in [0.25, 0.3) is 54.8 Å². The van der Waals surface area contributed by atoms with Crippen LogP contribution in [0, 0.1) is 0 Å². The van der Waals surface area contributed by atoms with Gasteiger partial charge < -0.3 is 17.8 Å². The van der Waals surface area contributed by atoms with Gasteiger partial charge in [-0.05, 0) is 47.5 Å². The molecular weight excluding hydrogens is 502 g/mol. The number of alkyl halides is 6. The molecule has 0 bridgehead atoms. The Balaban J connectivity index is 1.55. The molecule has 0 saturated carbocycles. The molecule has 6 aromatic heterocycles. The van der Waals surface area contributed by atoms with E-state index in [-0.39, 0.29) is 32.7 Å². The van der Waals surface area contributed by atoms with Gasteiger partial charge in [0.05, 0.1) is 23.4 Å². The molecule has 0 fully saturated rings. The molecule has 8 aromatic rings. The summed E-state index contributed by atoms with van der Waals surface area (Å²) in [6.45, 7) is 0. The molecular formula is C25H10F6N4O2. The van der Waals surface area contributed by atoms with Crippen LogP contribution in [0.5, 0.6) is 0 Å². The van der Waals surface area contributed by atoms with E-state index in [1.54, 1.807) is 21.2 Å². The lowest BCUT2D eigenvalue weighted by Gasteiger charge is -2.38. The first kappa shape index (κ1) is 20.7. The van der Waals surface area contributed by atoms with E-state index < -0.39 is 28.9 Å². The van der Waals surface area contributed by atoms with Gasteiger partial charge in [0, 0.05) is 33.9 Å². The minimum Gasteiger partial charge on any atom is -0.354 e. The molecule has 0 unspecified atom stereocenters. The van der Waals surface area contributed by atoms with E-state index in [2.05, 4.69) is 10.3 Å². The van der Waals surface area contributed by atoms with Crippen molar-refractivity contribution in [2.75, 3.05) is 0 Å². The maximum Gasteiger partial charge on any atom is 0.411 e. The molecule has 0 aliphatic rings. The molecule has 0 saturated heterocycles. The molecule has 6 heterocycles. The molecule has 0 spiro atoms. The van der Waals surface area contributed by atoms with Crippen LogP contribution < -0.4 is 0 Å². The van der Waals surface area contributed by atoms with Crippen LogP contribution in [0.15, 0.2) is 70.2 Å². The topological polar surface area (TPSA) is 60.9 Å². The maximum absolute atomic E-state index is 15.1. The second kappa shape index (κ2) is 6.07. The van der Waals surface area contributed by atoms with Gasteiger partial charge in [0.1, 0.15) is 11.0 Å². The van der Waals surface area contributed by atoms with Gasteiger partial charge in [0.25, 0.3) is 0 Å². The maximum atomic E-state index is 15.1. The van der Waals surface area contributed by atoms with Crippen LogP contribution in [0.4, 0.5) is 26.3 Å². The largest absolute Gasteiger partial charge is 0.411 e. The molecule has 2 aromatic carbocycles. The van der Waals surface area contributed by atoms with Crippen LogP contribution in [-0.4, -0.2) is 31.5 Å². The summed E-state index contributed by atoms with van der Waals surface area (Å²) in [6, 6.07) is 6.66. The lowest BCUT2D eigenvalue weighted by Crippen LogP contribution is -2.54. The van der Waals surface area contributed by atoms with E-state index in [1.807, 2.05) is 0 Å².